The van der Waals surface area contributed by atoms with Crippen molar-refractivity contribution in [2.45, 2.75) is 6.18 Å². The quantitative estimate of drug-likeness (QED) is 0.687. The zero-order valence-electron chi connectivity index (χ0n) is 13.2. The van der Waals surface area contributed by atoms with Crippen LogP contribution >= 0.6 is 0 Å². The van der Waals surface area contributed by atoms with Crippen LogP contribution in [0.3, 0.4) is 0 Å². The molecule has 26 heavy (non-hydrogen) atoms. The van der Waals surface area contributed by atoms with Crippen LogP contribution in [0, 0.1) is 0 Å². The first-order chi connectivity index (χ1) is 12.5. The zero-order valence-corrected chi connectivity index (χ0v) is 13.2. The van der Waals surface area contributed by atoms with Gasteiger partial charge >= 0.3 is 6.18 Å². The third-order valence-electron chi connectivity index (χ3n) is 4.03. The van der Waals surface area contributed by atoms with Crippen LogP contribution in [0.25, 0.3) is 17.0 Å². The Morgan fingerprint density at radius 2 is 1.92 bits per heavy atom. The average molecular weight is 367 g/mol. The summed E-state index contributed by atoms with van der Waals surface area (Å²) < 4.78 is 51.5. The number of pyridine rings is 1. The van der Waals surface area contributed by atoms with E-state index in [4.69, 9.17) is 9.15 Å². The van der Waals surface area contributed by atoms with Crippen molar-refractivity contribution in [2.24, 2.45) is 0 Å². The molecule has 0 atom stereocenters. The number of oxazole rings is 1. The fourth-order valence-electron chi connectivity index (χ4n) is 2.81. The van der Waals surface area contributed by atoms with E-state index in [0.717, 1.165) is 16.9 Å². The van der Waals surface area contributed by atoms with Crippen LogP contribution in [0.5, 0.6) is 0 Å². The van der Waals surface area contributed by atoms with Crippen LogP contribution in [0.15, 0.2) is 29.1 Å². The summed E-state index contributed by atoms with van der Waals surface area (Å²) in [6.07, 6.45) is -2.19. The summed E-state index contributed by atoms with van der Waals surface area (Å²) in [7, 11) is 0. The molecule has 0 aromatic carbocycles. The van der Waals surface area contributed by atoms with Gasteiger partial charge in [-0.2, -0.15) is 13.2 Å². The van der Waals surface area contributed by atoms with E-state index in [-0.39, 0.29) is 30.1 Å². The number of morpholine rings is 1. The highest BCUT2D eigenvalue weighted by Gasteiger charge is 2.37. The van der Waals surface area contributed by atoms with Crippen LogP contribution in [0.2, 0.25) is 0 Å². The van der Waals surface area contributed by atoms with Crippen molar-refractivity contribution < 1.29 is 27.1 Å². The summed E-state index contributed by atoms with van der Waals surface area (Å²) in [6, 6.07) is 2.08. The molecule has 0 unspecified atom stereocenters. The van der Waals surface area contributed by atoms with Gasteiger partial charge in [-0.25, -0.2) is 4.98 Å². The van der Waals surface area contributed by atoms with Gasteiger partial charge in [0.2, 0.25) is 5.82 Å². The van der Waals surface area contributed by atoms with E-state index >= 15 is 0 Å². The first-order valence-electron chi connectivity index (χ1n) is 7.68. The molecule has 0 bridgehead atoms. The number of rotatable bonds is 2. The van der Waals surface area contributed by atoms with E-state index < -0.39 is 23.6 Å². The molecule has 0 saturated carbocycles. The van der Waals surface area contributed by atoms with Crippen LogP contribution in [0.1, 0.15) is 16.3 Å². The molecule has 8 nitrogen and oxygen atoms in total. The van der Waals surface area contributed by atoms with Gasteiger partial charge in [0.1, 0.15) is 5.69 Å². The maximum absolute atomic E-state index is 13.5. The maximum Gasteiger partial charge on any atom is 0.431 e. The van der Waals surface area contributed by atoms with E-state index in [1.807, 2.05) is 0 Å². The number of amides is 1. The molecule has 1 fully saturated rings. The lowest BCUT2D eigenvalue weighted by Crippen LogP contribution is -2.41. The number of carbonyl (C=O) groups excluding carboxylic acids is 1. The third kappa shape index (κ3) is 2.69. The highest BCUT2D eigenvalue weighted by atomic mass is 19.4. The number of aromatic nitrogens is 4. The molecule has 1 aliphatic rings. The van der Waals surface area contributed by atoms with E-state index in [9.17, 15) is 18.0 Å². The normalized spacial score (nSPS) is 15.6. The second kappa shape index (κ2) is 6.09. The Hall–Kier alpha value is -2.95. The number of ether oxygens (including phenoxy) is 1. The first kappa shape index (κ1) is 16.5. The minimum atomic E-state index is -4.69. The van der Waals surface area contributed by atoms with Gasteiger partial charge in [-0.15, -0.1) is 10.2 Å². The van der Waals surface area contributed by atoms with E-state index in [1.54, 1.807) is 0 Å². The molecular formula is C15H12F3N5O3. The molecule has 0 radical (unpaired) electrons. The van der Waals surface area contributed by atoms with Crippen molar-refractivity contribution >= 4 is 11.6 Å². The summed E-state index contributed by atoms with van der Waals surface area (Å²) in [5.41, 5.74) is -0.922. The molecule has 11 heteroatoms. The van der Waals surface area contributed by atoms with Gasteiger partial charge in [0, 0.05) is 13.1 Å². The minimum Gasteiger partial charge on any atom is -0.443 e. The van der Waals surface area contributed by atoms with Crippen molar-refractivity contribution in [3.8, 4) is 11.3 Å². The summed E-state index contributed by atoms with van der Waals surface area (Å²) in [5, 5.41) is 7.55. The molecule has 0 N–H and O–H groups in total. The van der Waals surface area contributed by atoms with Crippen molar-refractivity contribution in [2.75, 3.05) is 26.3 Å². The molecule has 1 aliphatic heterocycles. The monoisotopic (exact) mass is 367 g/mol. The van der Waals surface area contributed by atoms with Crippen LogP contribution < -0.4 is 0 Å². The Labute approximate surface area is 144 Å². The van der Waals surface area contributed by atoms with Gasteiger partial charge in [0.05, 0.1) is 25.0 Å². The van der Waals surface area contributed by atoms with Crippen LogP contribution in [-0.4, -0.2) is 56.7 Å². The molecule has 3 aromatic rings. The lowest BCUT2D eigenvalue weighted by atomic mass is 10.2. The molecule has 0 aliphatic carbocycles. The zero-order chi connectivity index (χ0) is 18.3. The molecular weight excluding hydrogens is 355 g/mol. The van der Waals surface area contributed by atoms with Crippen LogP contribution in [0.4, 0.5) is 13.2 Å². The maximum atomic E-state index is 13.5. The first-order valence-corrected chi connectivity index (χ1v) is 7.68. The summed E-state index contributed by atoms with van der Waals surface area (Å²) in [5.74, 6) is -0.821. The molecule has 0 spiro atoms. The largest absolute Gasteiger partial charge is 0.443 e. The van der Waals surface area contributed by atoms with E-state index in [2.05, 4.69) is 15.2 Å². The number of carbonyl (C=O) groups is 1. The number of hydrogen-bond acceptors (Lipinski definition) is 6. The van der Waals surface area contributed by atoms with Gasteiger partial charge in [-0.3, -0.25) is 9.20 Å². The topological polar surface area (TPSA) is 85.8 Å². The SMILES string of the molecule is O=C(c1nnc2c(-c3cnco3)ccc(C(F)(F)F)n12)N1CCOCC1. The predicted octanol–water partition coefficient (Wildman–Crippen LogP) is 1.88. The molecule has 1 amide bonds. The average Bonchev–Trinajstić information content (AvgIpc) is 3.30. The molecule has 136 valence electrons. The van der Waals surface area contributed by atoms with Crippen molar-refractivity contribution in [1.82, 2.24) is 24.5 Å². The number of halogens is 3. The fraction of sp³-hybridized carbons (Fsp3) is 0.333. The molecule has 1 saturated heterocycles. The minimum absolute atomic E-state index is 0.131. The second-order valence-corrected chi connectivity index (χ2v) is 5.58. The van der Waals surface area contributed by atoms with E-state index in [0.29, 0.717) is 13.2 Å². The fourth-order valence-corrected chi connectivity index (χ4v) is 2.81. The number of hydrogen-bond donors (Lipinski definition) is 0. The standard InChI is InChI=1S/C15H12F3N5O3/c16-15(17,18)11-2-1-9(10-7-19-8-26-10)12-20-21-13(23(11)12)14(24)22-3-5-25-6-4-22/h1-2,7-8H,3-6H2. The predicted molar refractivity (Wildman–Crippen MR) is 80.2 cm³/mol. The highest BCUT2D eigenvalue weighted by molar-refractivity contribution is 5.92. The number of alkyl halides is 3. The smallest absolute Gasteiger partial charge is 0.431 e. The Bertz CT molecular complexity index is 945. The molecule has 3 aromatic heterocycles. The van der Waals surface area contributed by atoms with E-state index in [1.165, 1.54) is 17.2 Å². The van der Waals surface area contributed by atoms with Gasteiger partial charge < -0.3 is 14.1 Å². The van der Waals surface area contributed by atoms with Gasteiger partial charge in [-0.1, -0.05) is 0 Å². The van der Waals surface area contributed by atoms with Crippen molar-refractivity contribution in [1.29, 1.82) is 0 Å². The highest BCUT2D eigenvalue weighted by Crippen LogP contribution is 2.34. The lowest BCUT2D eigenvalue weighted by Gasteiger charge is -2.26. The van der Waals surface area contributed by atoms with Crippen molar-refractivity contribution in [3.05, 3.63) is 36.2 Å². The lowest BCUT2D eigenvalue weighted by molar-refractivity contribution is -0.142. The second-order valence-electron chi connectivity index (χ2n) is 5.58. The van der Waals surface area contributed by atoms with Gasteiger partial charge in [0.25, 0.3) is 5.91 Å². The summed E-state index contributed by atoms with van der Waals surface area (Å²) >= 11 is 0. The Kier molecular flexibility index (Phi) is 3.87. The van der Waals surface area contributed by atoms with Gasteiger partial charge in [-0.05, 0) is 12.1 Å². The third-order valence-corrected chi connectivity index (χ3v) is 4.03. The Balaban J connectivity index is 1.91. The number of nitrogens with zero attached hydrogens (tertiary/aromatic N) is 5. The van der Waals surface area contributed by atoms with Crippen LogP contribution in [-0.2, 0) is 10.9 Å². The van der Waals surface area contributed by atoms with Crippen molar-refractivity contribution in [3.63, 3.8) is 0 Å². The Morgan fingerprint density at radius 1 is 1.15 bits per heavy atom. The summed E-state index contributed by atoms with van der Waals surface area (Å²) in [6.45, 7) is 1.18. The number of fused-ring (bicyclic) bond motifs is 1. The summed E-state index contributed by atoms with van der Waals surface area (Å²) in [4.78, 5) is 17.8. The Morgan fingerprint density at radius 3 is 2.58 bits per heavy atom. The molecule has 4 rings (SSSR count). The van der Waals surface area contributed by atoms with Gasteiger partial charge in [0.15, 0.2) is 17.8 Å². The molecule has 4 heterocycles.